The number of hydrogen-bond donors (Lipinski definition) is 1. The van der Waals surface area contributed by atoms with E-state index in [2.05, 4.69) is 0 Å². The second kappa shape index (κ2) is 3.01. The molecule has 3 nitrogen and oxygen atoms in total. The predicted octanol–water partition coefficient (Wildman–Crippen LogP) is 0.886. The zero-order chi connectivity index (χ0) is 7.56. The first-order valence-electron chi connectivity index (χ1n) is 3.54. The Morgan fingerprint density at radius 2 is 2.40 bits per heavy atom. The fraction of sp³-hybridized carbons (Fsp3) is 0.857. The van der Waals surface area contributed by atoms with E-state index in [4.69, 9.17) is 9.84 Å². The van der Waals surface area contributed by atoms with Crippen molar-refractivity contribution in [2.45, 2.75) is 25.9 Å². The second-order valence-corrected chi connectivity index (χ2v) is 2.74. The van der Waals surface area contributed by atoms with Crippen LogP contribution in [0.4, 0.5) is 0 Å². The minimum Gasteiger partial charge on any atom is -0.481 e. The monoisotopic (exact) mass is 144 g/mol. The lowest BCUT2D eigenvalue weighted by molar-refractivity contribution is -0.146. The molecule has 0 saturated carbocycles. The first-order valence-corrected chi connectivity index (χ1v) is 3.54. The molecule has 0 aromatic heterocycles. The molecule has 0 spiro atoms. The van der Waals surface area contributed by atoms with Crippen LogP contribution < -0.4 is 0 Å². The van der Waals surface area contributed by atoms with Gasteiger partial charge in [0.1, 0.15) is 0 Å². The molecule has 3 heteroatoms. The summed E-state index contributed by atoms with van der Waals surface area (Å²) in [6.07, 6.45) is 1.45. The van der Waals surface area contributed by atoms with Crippen molar-refractivity contribution in [3.05, 3.63) is 0 Å². The summed E-state index contributed by atoms with van der Waals surface area (Å²) in [7, 11) is 0. The zero-order valence-corrected chi connectivity index (χ0v) is 6.04. The molecule has 2 atom stereocenters. The summed E-state index contributed by atoms with van der Waals surface area (Å²) < 4.78 is 5.19. The summed E-state index contributed by atoms with van der Waals surface area (Å²) in [6.45, 7) is 2.51. The Bertz CT molecular complexity index is 133. The van der Waals surface area contributed by atoms with E-state index in [9.17, 15) is 4.79 Å². The van der Waals surface area contributed by atoms with Crippen molar-refractivity contribution in [1.82, 2.24) is 0 Å². The van der Waals surface area contributed by atoms with Gasteiger partial charge in [-0.25, -0.2) is 0 Å². The predicted molar refractivity (Wildman–Crippen MR) is 35.8 cm³/mol. The average Bonchev–Trinajstić information content (AvgIpc) is 1.88. The third-order valence-corrected chi connectivity index (χ3v) is 1.83. The van der Waals surface area contributed by atoms with Crippen molar-refractivity contribution in [1.29, 1.82) is 0 Å². The molecule has 1 N–H and O–H groups in total. The maximum atomic E-state index is 10.4. The zero-order valence-electron chi connectivity index (χ0n) is 6.04. The van der Waals surface area contributed by atoms with Crippen molar-refractivity contribution in [2.75, 3.05) is 6.61 Å². The van der Waals surface area contributed by atoms with Crippen LogP contribution in [0.5, 0.6) is 0 Å². The Balaban J connectivity index is 2.39. The van der Waals surface area contributed by atoms with E-state index in [-0.39, 0.29) is 12.0 Å². The Hall–Kier alpha value is -0.570. The highest BCUT2D eigenvalue weighted by Gasteiger charge is 2.24. The largest absolute Gasteiger partial charge is 0.481 e. The van der Waals surface area contributed by atoms with Crippen LogP contribution in [0.3, 0.4) is 0 Å². The second-order valence-electron chi connectivity index (χ2n) is 2.74. The summed E-state index contributed by atoms with van der Waals surface area (Å²) in [5.41, 5.74) is 0. The highest BCUT2D eigenvalue weighted by Crippen LogP contribution is 2.19. The van der Waals surface area contributed by atoms with Gasteiger partial charge in [-0.15, -0.1) is 0 Å². The van der Waals surface area contributed by atoms with Gasteiger partial charge in [-0.05, 0) is 19.8 Å². The van der Waals surface area contributed by atoms with Gasteiger partial charge in [-0.3, -0.25) is 4.79 Å². The quantitative estimate of drug-likeness (QED) is 0.594. The van der Waals surface area contributed by atoms with Crippen LogP contribution in [0.1, 0.15) is 19.8 Å². The van der Waals surface area contributed by atoms with E-state index in [1.807, 2.05) is 6.92 Å². The minimum atomic E-state index is -0.685. The van der Waals surface area contributed by atoms with E-state index in [0.29, 0.717) is 19.4 Å². The van der Waals surface area contributed by atoms with Crippen molar-refractivity contribution < 1.29 is 14.6 Å². The van der Waals surface area contributed by atoms with Crippen LogP contribution in [0.25, 0.3) is 0 Å². The van der Waals surface area contributed by atoms with Gasteiger partial charge in [0.25, 0.3) is 0 Å². The first-order chi connectivity index (χ1) is 4.70. The smallest absolute Gasteiger partial charge is 0.306 e. The Morgan fingerprint density at radius 3 is 2.80 bits per heavy atom. The number of aliphatic carboxylic acids is 1. The van der Waals surface area contributed by atoms with E-state index in [1.54, 1.807) is 0 Å². The van der Waals surface area contributed by atoms with E-state index in [0.717, 1.165) is 0 Å². The van der Waals surface area contributed by atoms with Crippen LogP contribution in [0.2, 0.25) is 0 Å². The Kier molecular flexibility index (Phi) is 2.27. The van der Waals surface area contributed by atoms with Crippen molar-refractivity contribution in [2.24, 2.45) is 5.92 Å². The van der Waals surface area contributed by atoms with Crippen LogP contribution in [-0.4, -0.2) is 23.8 Å². The topological polar surface area (TPSA) is 46.5 Å². The molecule has 1 aliphatic rings. The third kappa shape index (κ3) is 1.70. The molecule has 0 unspecified atom stereocenters. The molecule has 0 aliphatic carbocycles. The fourth-order valence-corrected chi connectivity index (χ4v) is 1.22. The average molecular weight is 144 g/mol. The summed E-state index contributed by atoms with van der Waals surface area (Å²) in [5, 5.41) is 8.60. The molecule has 1 fully saturated rings. The number of hydrogen-bond acceptors (Lipinski definition) is 2. The summed E-state index contributed by atoms with van der Waals surface area (Å²) in [6, 6.07) is 0. The summed E-state index contributed by atoms with van der Waals surface area (Å²) in [5.74, 6) is -0.862. The molecule has 1 saturated heterocycles. The lowest BCUT2D eigenvalue weighted by atomic mass is 9.97. The van der Waals surface area contributed by atoms with Crippen LogP contribution in [0.15, 0.2) is 0 Å². The standard InChI is InChI=1S/C7H12O3/c1-5-4-6(7(8)9)2-3-10-5/h5-6H,2-4H2,1H3,(H,8,9)/t5-,6+/m1/s1. The van der Waals surface area contributed by atoms with Gasteiger partial charge in [0, 0.05) is 6.61 Å². The van der Waals surface area contributed by atoms with E-state index < -0.39 is 5.97 Å². The van der Waals surface area contributed by atoms with E-state index in [1.165, 1.54) is 0 Å². The van der Waals surface area contributed by atoms with Crippen molar-refractivity contribution >= 4 is 5.97 Å². The molecule has 58 valence electrons. The molecule has 1 aliphatic heterocycles. The van der Waals surface area contributed by atoms with Crippen LogP contribution in [0, 0.1) is 5.92 Å². The molecule has 1 heterocycles. The number of ether oxygens (including phenoxy) is 1. The van der Waals surface area contributed by atoms with Gasteiger partial charge in [-0.1, -0.05) is 0 Å². The number of carboxylic acids is 1. The SMILES string of the molecule is C[C@@H]1C[C@@H](C(=O)O)CCO1. The highest BCUT2D eigenvalue weighted by atomic mass is 16.5. The minimum absolute atomic E-state index is 0.120. The van der Waals surface area contributed by atoms with Gasteiger partial charge in [0.15, 0.2) is 0 Å². The van der Waals surface area contributed by atoms with Crippen LogP contribution >= 0.6 is 0 Å². The lowest BCUT2D eigenvalue weighted by Gasteiger charge is -2.23. The number of rotatable bonds is 1. The number of carboxylic acid groups (broad SMARTS) is 1. The first kappa shape index (κ1) is 7.54. The molecule has 10 heavy (non-hydrogen) atoms. The summed E-state index contributed by atoms with van der Waals surface area (Å²) in [4.78, 5) is 10.4. The Morgan fingerprint density at radius 1 is 1.70 bits per heavy atom. The van der Waals surface area contributed by atoms with Gasteiger partial charge in [0.2, 0.25) is 0 Å². The maximum absolute atomic E-state index is 10.4. The van der Waals surface area contributed by atoms with Gasteiger partial charge < -0.3 is 9.84 Å². The van der Waals surface area contributed by atoms with Crippen molar-refractivity contribution in [3.8, 4) is 0 Å². The highest BCUT2D eigenvalue weighted by molar-refractivity contribution is 5.70. The molecule has 0 amide bonds. The molecular weight excluding hydrogens is 132 g/mol. The third-order valence-electron chi connectivity index (χ3n) is 1.83. The molecule has 0 aromatic rings. The van der Waals surface area contributed by atoms with Gasteiger partial charge >= 0.3 is 5.97 Å². The lowest BCUT2D eigenvalue weighted by Crippen LogP contribution is -2.28. The molecule has 0 radical (unpaired) electrons. The van der Waals surface area contributed by atoms with E-state index >= 15 is 0 Å². The maximum Gasteiger partial charge on any atom is 0.306 e. The Labute approximate surface area is 60.0 Å². The molecule has 0 aromatic carbocycles. The van der Waals surface area contributed by atoms with Gasteiger partial charge in [-0.2, -0.15) is 0 Å². The summed E-state index contributed by atoms with van der Waals surface area (Å²) >= 11 is 0. The van der Waals surface area contributed by atoms with Crippen LogP contribution in [-0.2, 0) is 9.53 Å². The molecule has 1 rings (SSSR count). The van der Waals surface area contributed by atoms with Crippen molar-refractivity contribution in [3.63, 3.8) is 0 Å². The normalized spacial score (nSPS) is 33.7. The molecule has 0 bridgehead atoms. The van der Waals surface area contributed by atoms with Gasteiger partial charge in [0.05, 0.1) is 12.0 Å². The fourth-order valence-electron chi connectivity index (χ4n) is 1.22. The number of carbonyl (C=O) groups is 1. The molecular formula is C7H12O3.